The van der Waals surface area contributed by atoms with Crippen molar-refractivity contribution in [2.45, 2.75) is 19.0 Å². The molecule has 1 saturated heterocycles. The first-order valence-electron chi connectivity index (χ1n) is 7.59. The van der Waals surface area contributed by atoms with Gasteiger partial charge in [-0.25, -0.2) is 0 Å². The van der Waals surface area contributed by atoms with E-state index in [2.05, 4.69) is 5.32 Å². The number of carbonyl (C=O) groups is 2. The van der Waals surface area contributed by atoms with E-state index < -0.39 is 6.04 Å². The third-order valence-electron chi connectivity index (χ3n) is 3.92. The van der Waals surface area contributed by atoms with Crippen molar-refractivity contribution in [1.29, 1.82) is 0 Å². The largest absolute Gasteiger partial charge is 0.342 e. The summed E-state index contributed by atoms with van der Waals surface area (Å²) in [7, 11) is 0. The minimum absolute atomic E-state index is 0.0750. The summed E-state index contributed by atoms with van der Waals surface area (Å²) in [6.07, 6.45) is 0.382. The first-order chi connectivity index (χ1) is 11.5. The predicted molar refractivity (Wildman–Crippen MR) is 94.0 cm³/mol. The van der Waals surface area contributed by atoms with Crippen LogP contribution in [0.1, 0.15) is 11.1 Å². The van der Waals surface area contributed by atoms with Gasteiger partial charge in [-0.05, 0) is 23.3 Å². The van der Waals surface area contributed by atoms with Crippen molar-refractivity contribution in [2.75, 3.05) is 6.54 Å². The summed E-state index contributed by atoms with van der Waals surface area (Å²) < 4.78 is 0. The Hall–Kier alpha value is -2.04. The number of hydrogen-bond acceptors (Lipinski definition) is 2. The fourth-order valence-corrected chi connectivity index (χ4v) is 3.07. The van der Waals surface area contributed by atoms with E-state index in [1.807, 2.05) is 36.4 Å². The number of rotatable bonds is 4. The van der Waals surface area contributed by atoms with Crippen molar-refractivity contribution >= 4 is 35.0 Å². The number of piperazine rings is 1. The molecule has 0 unspecified atom stereocenters. The van der Waals surface area contributed by atoms with Crippen LogP contribution in [0.15, 0.2) is 48.5 Å². The van der Waals surface area contributed by atoms with Gasteiger partial charge in [0.1, 0.15) is 6.04 Å². The summed E-state index contributed by atoms with van der Waals surface area (Å²) in [5.41, 5.74) is 1.85. The standard InChI is InChI=1S/C18H16Cl2N2O2/c19-14-7-6-13(8-15(14)20)9-16-18(24)22(11-17(23)21-16)10-12-4-2-1-3-5-12/h1-8,16H,9-11H2,(H,21,23)/t16-/m1/s1. The predicted octanol–water partition coefficient (Wildman–Crippen LogP) is 3.06. The average molecular weight is 363 g/mol. The second-order valence-corrected chi connectivity index (χ2v) is 6.57. The highest BCUT2D eigenvalue weighted by molar-refractivity contribution is 6.42. The maximum absolute atomic E-state index is 12.7. The molecule has 4 nitrogen and oxygen atoms in total. The number of nitrogens with one attached hydrogen (secondary N) is 1. The van der Waals surface area contributed by atoms with Gasteiger partial charge in [0.2, 0.25) is 11.8 Å². The van der Waals surface area contributed by atoms with Crippen LogP contribution in [0.25, 0.3) is 0 Å². The molecule has 1 aliphatic heterocycles. The molecule has 1 aliphatic rings. The fraction of sp³-hybridized carbons (Fsp3) is 0.222. The molecular formula is C18H16Cl2N2O2. The lowest BCUT2D eigenvalue weighted by Gasteiger charge is -2.32. The normalized spacial score (nSPS) is 17.8. The summed E-state index contributed by atoms with van der Waals surface area (Å²) in [6.45, 7) is 0.497. The highest BCUT2D eigenvalue weighted by atomic mass is 35.5. The van der Waals surface area contributed by atoms with E-state index in [1.165, 1.54) is 0 Å². The molecule has 2 aromatic carbocycles. The Bertz CT molecular complexity index is 765. The number of halogens is 2. The quantitative estimate of drug-likeness (QED) is 0.908. The maximum atomic E-state index is 12.7. The Morgan fingerprint density at radius 3 is 2.46 bits per heavy atom. The second kappa shape index (κ2) is 7.24. The fourth-order valence-electron chi connectivity index (χ4n) is 2.75. The van der Waals surface area contributed by atoms with E-state index in [-0.39, 0.29) is 18.4 Å². The molecule has 0 spiro atoms. The van der Waals surface area contributed by atoms with Gasteiger partial charge >= 0.3 is 0 Å². The van der Waals surface area contributed by atoms with Crippen LogP contribution in [0.4, 0.5) is 0 Å². The van der Waals surface area contributed by atoms with Gasteiger partial charge in [-0.15, -0.1) is 0 Å². The minimum Gasteiger partial charge on any atom is -0.342 e. The van der Waals surface area contributed by atoms with Gasteiger partial charge in [0, 0.05) is 13.0 Å². The van der Waals surface area contributed by atoms with E-state index in [1.54, 1.807) is 17.0 Å². The lowest BCUT2D eigenvalue weighted by Crippen LogP contribution is -2.58. The second-order valence-electron chi connectivity index (χ2n) is 5.75. The molecule has 0 saturated carbocycles. The number of benzene rings is 2. The zero-order valence-corrected chi connectivity index (χ0v) is 14.3. The molecule has 2 aromatic rings. The smallest absolute Gasteiger partial charge is 0.246 e. The van der Waals surface area contributed by atoms with Crippen LogP contribution in [-0.4, -0.2) is 29.3 Å². The summed E-state index contributed by atoms with van der Waals surface area (Å²) in [5, 5.41) is 3.66. The topological polar surface area (TPSA) is 49.4 Å². The average Bonchev–Trinajstić information content (AvgIpc) is 2.56. The molecule has 0 radical (unpaired) electrons. The van der Waals surface area contributed by atoms with Crippen molar-refractivity contribution in [1.82, 2.24) is 10.2 Å². The number of amides is 2. The molecule has 1 fully saturated rings. The molecule has 0 bridgehead atoms. The molecule has 2 amide bonds. The number of carbonyl (C=O) groups excluding carboxylic acids is 2. The Kier molecular flexibility index (Phi) is 5.07. The van der Waals surface area contributed by atoms with Gasteiger partial charge in [0.25, 0.3) is 0 Å². The Labute approximate surface area is 150 Å². The molecule has 24 heavy (non-hydrogen) atoms. The van der Waals surface area contributed by atoms with Gasteiger partial charge in [0.15, 0.2) is 0 Å². The van der Waals surface area contributed by atoms with E-state index in [9.17, 15) is 9.59 Å². The van der Waals surface area contributed by atoms with Crippen LogP contribution in [0.5, 0.6) is 0 Å². The van der Waals surface area contributed by atoms with E-state index in [4.69, 9.17) is 23.2 Å². The summed E-state index contributed by atoms with van der Waals surface area (Å²) in [4.78, 5) is 26.2. The molecule has 3 rings (SSSR count). The van der Waals surface area contributed by atoms with E-state index in [0.717, 1.165) is 11.1 Å². The molecular weight excluding hydrogens is 347 g/mol. The monoisotopic (exact) mass is 362 g/mol. The van der Waals surface area contributed by atoms with Crippen molar-refractivity contribution < 1.29 is 9.59 Å². The lowest BCUT2D eigenvalue weighted by atomic mass is 10.0. The highest BCUT2D eigenvalue weighted by Gasteiger charge is 2.32. The highest BCUT2D eigenvalue weighted by Crippen LogP contribution is 2.23. The third-order valence-corrected chi connectivity index (χ3v) is 4.66. The van der Waals surface area contributed by atoms with Gasteiger partial charge in [-0.2, -0.15) is 0 Å². The Morgan fingerprint density at radius 1 is 1.00 bits per heavy atom. The van der Waals surface area contributed by atoms with Crippen molar-refractivity contribution in [3.8, 4) is 0 Å². The van der Waals surface area contributed by atoms with Gasteiger partial charge in [-0.1, -0.05) is 59.6 Å². The van der Waals surface area contributed by atoms with E-state index >= 15 is 0 Å². The van der Waals surface area contributed by atoms with Crippen molar-refractivity contribution in [2.24, 2.45) is 0 Å². The SMILES string of the molecule is O=C1CN(Cc2ccccc2)C(=O)[C@@H](Cc2ccc(Cl)c(Cl)c2)N1. The van der Waals surface area contributed by atoms with Crippen LogP contribution in [-0.2, 0) is 22.6 Å². The lowest BCUT2D eigenvalue weighted by molar-refractivity contribution is -0.144. The van der Waals surface area contributed by atoms with Crippen LogP contribution in [0, 0.1) is 0 Å². The molecule has 1 N–H and O–H groups in total. The molecule has 1 atom stereocenters. The van der Waals surface area contributed by atoms with Crippen LogP contribution >= 0.6 is 23.2 Å². The van der Waals surface area contributed by atoms with Gasteiger partial charge in [-0.3, -0.25) is 9.59 Å². The molecule has 0 aliphatic carbocycles. The molecule has 124 valence electrons. The summed E-state index contributed by atoms with van der Waals surface area (Å²) >= 11 is 11.9. The van der Waals surface area contributed by atoms with Gasteiger partial charge in [0.05, 0.1) is 16.6 Å². The third kappa shape index (κ3) is 3.89. The Morgan fingerprint density at radius 2 is 1.75 bits per heavy atom. The molecule has 0 aromatic heterocycles. The van der Waals surface area contributed by atoms with Crippen molar-refractivity contribution in [3.63, 3.8) is 0 Å². The van der Waals surface area contributed by atoms with Crippen LogP contribution < -0.4 is 5.32 Å². The summed E-state index contributed by atoms with van der Waals surface area (Å²) in [5.74, 6) is -0.250. The van der Waals surface area contributed by atoms with E-state index in [0.29, 0.717) is 23.0 Å². The first-order valence-corrected chi connectivity index (χ1v) is 8.34. The molecule has 1 heterocycles. The molecule has 6 heteroatoms. The first kappa shape index (κ1) is 16.8. The maximum Gasteiger partial charge on any atom is 0.246 e. The van der Waals surface area contributed by atoms with Crippen LogP contribution in [0.2, 0.25) is 10.0 Å². The Balaban J connectivity index is 1.74. The zero-order chi connectivity index (χ0) is 17.1. The van der Waals surface area contributed by atoms with Crippen molar-refractivity contribution in [3.05, 3.63) is 69.7 Å². The minimum atomic E-state index is -0.591. The zero-order valence-electron chi connectivity index (χ0n) is 12.8. The van der Waals surface area contributed by atoms with Crippen LogP contribution in [0.3, 0.4) is 0 Å². The number of hydrogen-bond donors (Lipinski definition) is 1. The summed E-state index contributed by atoms with van der Waals surface area (Å²) in [6, 6.07) is 14.3. The number of nitrogens with zero attached hydrogens (tertiary/aromatic N) is 1. The van der Waals surface area contributed by atoms with Gasteiger partial charge < -0.3 is 10.2 Å².